The van der Waals surface area contributed by atoms with E-state index >= 15 is 0 Å². The fraction of sp³-hybridized carbons (Fsp3) is 0.529. The van der Waals surface area contributed by atoms with Gasteiger partial charge in [0.1, 0.15) is 5.82 Å². The fourth-order valence-electron chi connectivity index (χ4n) is 2.90. The summed E-state index contributed by atoms with van der Waals surface area (Å²) in [6.07, 6.45) is 6.33. The van der Waals surface area contributed by atoms with E-state index in [1.165, 1.54) is 0 Å². The highest BCUT2D eigenvalue weighted by Crippen LogP contribution is 2.29. The van der Waals surface area contributed by atoms with Crippen LogP contribution >= 0.6 is 24.0 Å². The molecule has 2 nitrogen and oxygen atoms in total. The van der Waals surface area contributed by atoms with Crippen molar-refractivity contribution in [2.24, 2.45) is 0 Å². The molecular formula is C17H25Cl2FN2. The monoisotopic (exact) mass is 346 g/mol. The molecule has 1 saturated heterocycles. The summed E-state index contributed by atoms with van der Waals surface area (Å²) in [6.45, 7) is 7.78. The highest BCUT2D eigenvalue weighted by Gasteiger charge is 2.22. The lowest BCUT2D eigenvalue weighted by Crippen LogP contribution is -2.45. The third-order valence-electron chi connectivity index (χ3n) is 4.06. The summed E-state index contributed by atoms with van der Waals surface area (Å²) in [5.41, 5.74) is 1.04. The Hall–Kier alpha value is -0.610. The van der Waals surface area contributed by atoms with Crippen molar-refractivity contribution in [2.45, 2.75) is 31.7 Å². The first-order valence-corrected chi connectivity index (χ1v) is 8.11. The smallest absolute Gasteiger partial charge is 0.142 e. The largest absolute Gasteiger partial charge is 0.314 e. The number of piperazine rings is 1. The molecule has 5 heteroatoms. The van der Waals surface area contributed by atoms with Crippen molar-refractivity contribution < 1.29 is 4.39 Å². The van der Waals surface area contributed by atoms with Crippen LogP contribution in [0.5, 0.6) is 0 Å². The van der Waals surface area contributed by atoms with Gasteiger partial charge in [0.05, 0.1) is 5.02 Å². The number of unbranched alkanes of at least 4 members (excludes halogenated alkanes) is 2. The molecule has 0 radical (unpaired) electrons. The molecule has 0 aliphatic carbocycles. The van der Waals surface area contributed by atoms with Crippen molar-refractivity contribution in [3.05, 3.63) is 47.3 Å². The van der Waals surface area contributed by atoms with Gasteiger partial charge in [-0.1, -0.05) is 30.2 Å². The van der Waals surface area contributed by atoms with Crippen LogP contribution in [0.4, 0.5) is 4.39 Å². The molecule has 22 heavy (non-hydrogen) atoms. The van der Waals surface area contributed by atoms with Crippen LogP contribution in [0.2, 0.25) is 5.02 Å². The van der Waals surface area contributed by atoms with E-state index in [2.05, 4.69) is 16.8 Å². The Morgan fingerprint density at radius 2 is 2.05 bits per heavy atom. The van der Waals surface area contributed by atoms with Crippen molar-refractivity contribution in [3.63, 3.8) is 0 Å². The van der Waals surface area contributed by atoms with Gasteiger partial charge < -0.3 is 5.32 Å². The van der Waals surface area contributed by atoms with E-state index < -0.39 is 0 Å². The topological polar surface area (TPSA) is 15.3 Å². The van der Waals surface area contributed by atoms with Gasteiger partial charge in [0.2, 0.25) is 0 Å². The summed E-state index contributed by atoms with van der Waals surface area (Å²) in [5, 5.41) is 3.57. The van der Waals surface area contributed by atoms with Gasteiger partial charge in [-0.3, -0.25) is 4.90 Å². The maximum Gasteiger partial charge on any atom is 0.142 e. The molecule has 1 N–H and O–H groups in total. The van der Waals surface area contributed by atoms with Crippen LogP contribution in [0.3, 0.4) is 0 Å². The molecule has 1 heterocycles. The second-order valence-electron chi connectivity index (χ2n) is 5.55. The molecule has 1 fully saturated rings. The minimum absolute atomic E-state index is 0. The zero-order chi connectivity index (χ0) is 15.1. The van der Waals surface area contributed by atoms with E-state index in [9.17, 15) is 4.39 Å². The van der Waals surface area contributed by atoms with E-state index in [4.69, 9.17) is 11.6 Å². The predicted octanol–water partition coefficient (Wildman–Crippen LogP) is 4.59. The van der Waals surface area contributed by atoms with E-state index in [1.54, 1.807) is 12.1 Å². The Kier molecular flexibility index (Phi) is 9.03. The molecule has 124 valence electrons. The number of nitrogens with one attached hydrogen (secondary N) is 1. The molecule has 1 aromatic carbocycles. The van der Waals surface area contributed by atoms with Gasteiger partial charge in [-0.2, -0.15) is 0 Å². The van der Waals surface area contributed by atoms with Gasteiger partial charge in [-0.25, -0.2) is 4.39 Å². The van der Waals surface area contributed by atoms with Gasteiger partial charge >= 0.3 is 0 Å². The van der Waals surface area contributed by atoms with Crippen LogP contribution in [-0.2, 0) is 0 Å². The number of hydrogen-bond acceptors (Lipinski definition) is 2. The summed E-state index contributed by atoms with van der Waals surface area (Å²) in [6, 6.07) is 5.52. The van der Waals surface area contributed by atoms with E-state index in [-0.39, 0.29) is 29.3 Å². The lowest BCUT2D eigenvalue weighted by atomic mass is 9.98. The minimum atomic E-state index is -0.319. The first-order chi connectivity index (χ1) is 10.2. The highest BCUT2D eigenvalue weighted by molar-refractivity contribution is 6.30. The van der Waals surface area contributed by atoms with Crippen molar-refractivity contribution in [3.8, 4) is 0 Å². The molecule has 1 aliphatic rings. The van der Waals surface area contributed by atoms with Crippen molar-refractivity contribution in [1.82, 2.24) is 10.2 Å². The first-order valence-electron chi connectivity index (χ1n) is 7.73. The lowest BCUT2D eigenvalue weighted by Gasteiger charge is -2.35. The average Bonchev–Trinajstić information content (AvgIpc) is 2.51. The number of halogens is 3. The van der Waals surface area contributed by atoms with Gasteiger partial charge in [0.15, 0.2) is 0 Å². The standard InChI is InChI=1S/C17H24ClFN2.ClH/c1-2-3-4-5-6-17(21-11-9-20-10-12-21)14-7-8-15(18)16(19)13-14;/h2,7-8,13,17,20H,1,3-6,9-12H2;1H/t17-;/m1./s1. The first kappa shape index (κ1) is 19.4. The maximum atomic E-state index is 13.8. The molecule has 1 atom stereocenters. The Morgan fingerprint density at radius 3 is 2.68 bits per heavy atom. The minimum Gasteiger partial charge on any atom is -0.314 e. The van der Waals surface area contributed by atoms with Gasteiger partial charge in [-0.15, -0.1) is 19.0 Å². The zero-order valence-electron chi connectivity index (χ0n) is 12.9. The van der Waals surface area contributed by atoms with E-state index in [1.807, 2.05) is 12.1 Å². The second-order valence-corrected chi connectivity index (χ2v) is 5.96. The molecule has 0 amide bonds. The van der Waals surface area contributed by atoms with E-state index in [0.717, 1.165) is 57.4 Å². The lowest BCUT2D eigenvalue weighted by molar-refractivity contribution is 0.162. The third-order valence-corrected chi connectivity index (χ3v) is 4.36. The van der Waals surface area contributed by atoms with Crippen LogP contribution in [0.25, 0.3) is 0 Å². The Labute approximate surface area is 144 Å². The highest BCUT2D eigenvalue weighted by atomic mass is 35.5. The zero-order valence-corrected chi connectivity index (χ0v) is 14.4. The summed E-state index contributed by atoms with van der Waals surface area (Å²) in [7, 11) is 0. The molecule has 0 saturated carbocycles. The molecule has 1 aromatic rings. The van der Waals surface area contributed by atoms with E-state index in [0.29, 0.717) is 0 Å². The van der Waals surface area contributed by atoms with Gasteiger partial charge in [0.25, 0.3) is 0 Å². The Morgan fingerprint density at radius 1 is 1.32 bits per heavy atom. The summed E-state index contributed by atoms with van der Waals surface area (Å²) >= 11 is 5.81. The van der Waals surface area contributed by atoms with Crippen LogP contribution < -0.4 is 5.32 Å². The summed E-state index contributed by atoms with van der Waals surface area (Å²) < 4.78 is 13.8. The number of nitrogens with zero attached hydrogens (tertiary/aromatic N) is 1. The number of allylic oxidation sites excluding steroid dienone is 1. The molecule has 0 unspecified atom stereocenters. The fourth-order valence-corrected chi connectivity index (χ4v) is 3.02. The van der Waals surface area contributed by atoms with Crippen molar-refractivity contribution in [2.75, 3.05) is 26.2 Å². The Bertz CT molecular complexity index is 462. The number of rotatable bonds is 7. The van der Waals surface area contributed by atoms with Crippen LogP contribution in [0, 0.1) is 5.82 Å². The number of benzene rings is 1. The Balaban J connectivity index is 0.00000242. The molecule has 0 aromatic heterocycles. The SMILES string of the molecule is C=CCCCC[C@H](c1ccc(Cl)c(F)c1)N1CCNCC1.Cl. The summed E-state index contributed by atoms with van der Waals surface area (Å²) in [5.74, 6) is -0.319. The van der Waals surface area contributed by atoms with Crippen LogP contribution in [0.15, 0.2) is 30.9 Å². The second kappa shape index (κ2) is 10.2. The summed E-state index contributed by atoms with van der Waals surface area (Å²) in [4.78, 5) is 2.45. The van der Waals surface area contributed by atoms with Gasteiger partial charge in [0, 0.05) is 32.2 Å². The average molecular weight is 347 g/mol. The molecule has 1 aliphatic heterocycles. The predicted molar refractivity (Wildman–Crippen MR) is 94.5 cm³/mol. The number of hydrogen-bond donors (Lipinski definition) is 1. The molecule has 0 bridgehead atoms. The normalized spacial score (nSPS) is 16.8. The van der Waals surface area contributed by atoms with Gasteiger partial charge in [-0.05, 0) is 37.0 Å². The van der Waals surface area contributed by atoms with Crippen LogP contribution in [0.1, 0.15) is 37.3 Å². The van der Waals surface area contributed by atoms with Crippen molar-refractivity contribution in [1.29, 1.82) is 0 Å². The quantitative estimate of drug-likeness (QED) is 0.573. The third kappa shape index (κ3) is 5.54. The van der Waals surface area contributed by atoms with Crippen LogP contribution in [-0.4, -0.2) is 31.1 Å². The molecule has 0 spiro atoms. The molecular weight excluding hydrogens is 322 g/mol. The maximum absolute atomic E-state index is 13.8. The van der Waals surface area contributed by atoms with Crippen molar-refractivity contribution >= 4 is 24.0 Å². The molecule has 2 rings (SSSR count).